The van der Waals surface area contributed by atoms with E-state index in [1.165, 1.54) is 12.1 Å². The van der Waals surface area contributed by atoms with Crippen LogP contribution >= 0.6 is 15.9 Å². The lowest BCUT2D eigenvalue weighted by Gasteiger charge is -2.28. The van der Waals surface area contributed by atoms with Crippen LogP contribution < -0.4 is 5.32 Å². The van der Waals surface area contributed by atoms with Gasteiger partial charge in [-0.05, 0) is 51.8 Å². The van der Waals surface area contributed by atoms with Crippen LogP contribution in [0.15, 0.2) is 22.7 Å². The van der Waals surface area contributed by atoms with Crippen LogP contribution in [-0.2, 0) is 4.74 Å². The Labute approximate surface area is 152 Å². The minimum atomic E-state index is -0.497. The average Bonchev–Trinajstić information content (AvgIpc) is 2.44. The minimum absolute atomic E-state index is 0.0436. The Bertz CT molecular complexity index is 546. The molecule has 0 aromatic heterocycles. The molecule has 1 rings (SSSR count). The highest BCUT2D eigenvalue weighted by molar-refractivity contribution is 9.10. The number of benzene rings is 1. The second-order valence-corrected chi connectivity index (χ2v) is 7.66. The lowest BCUT2D eigenvalue weighted by Crippen LogP contribution is -2.41. The number of rotatable bonds is 7. The normalized spacial score (nSPS) is 12.8. The zero-order valence-corrected chi connectivity index (χ0v) is 16.7. The van der Waals surface area contributed by atoms with Crippen LogP contribution in [0.4, 0.5) is 9.18 Å². The minimum Gasteiger partial charge on any atom is -0.444 e. The molecule has 1 unspecified atom stereocenters. The number of carbonyl (C=O) groups excluding carboxylic acids is 1. The van der Waals surface area contributed by atoms with Crippen molar-refractivity contribution in [2.75, 3.05) is 19.6 Å². The van der Waals surface area contributed by atoms with Gasteiger partial charge in [0.1, 0.15) is 11.4 Å². The zero-order valence-electron chi connectivity index (χ0n) is 15.2. The highest BCUT2D eigenvalue weighted by Gasteiger charge is 2.21. The van der Waals surface area contributed by atoms with E-state index in [1.54, 1.807) is 11.0 Å². The molecular formula is C18H28BrFN2O2. The molecule has 0 aliphatic rings. The van der Waals surface area contributed by atoms with Crippen LogP contribution in [0.25, 0.3) is 0 Å². The first-order chi connectivity index (χ1) is 11.1. The van der Waals surface area contributed by atoms with E-state index in [0.29, 0.717) is 19.6 Å². The van der Waals surface area contributed by atoms with Gasteiger partial charge < -0.3 is 15.0 Å². The molecule has 0 heterocycles. The van der Waals surface area contributed by atoms with Gasteiger partial charge in [0.15, 0.2) is 0 Å². The van der Waals surface area contributed by atoms with Crippen LogP contribution in [0.2, 0.25) is 0 Å². The largest absolute Gasteiger partial charge is 0.444 e. The third-order valence-corrected chi connectivity index (χ3v) is 4.09. The standard InChI is InChI=1S/C18H28BrFN2O2/c1-6-10-22(17(23)24-18(3,4)5)11-9-21-13(2)15-8-7-14(20)12-16(15)19/h7-8,12-13,21H,6,9-11H2,1-5H3. The zero-order chi connectivity index (χ0) is 18.3. The first kappa shape index (κ1) is 20.9. The number of carbonyl (C=O) groups is 1. The number of hydrogen-bond donors (Lipinski definition) is 1. The highest BCUT2D eigenvalue weighted by atomic mass is 79.9. The summed E-state index contributed by atoms with van der Waals surface area (Å²) >= 11 is 3.39. The van der Waals surface area contributed by atoms with E-state index in [9.17, 15) is 9.18 Å². The van der Waals surface area contributed by atoms with E-state index in [-0.39, 0.29) is 18.0 Å². The number of hydrogen-bond acceptors (Lipinski definition) is 3. The van der Waals surface area contributed by atoms with E-state index in [1.807, 2.05) is 34.6 Å². The first-order valence-electron chi connectivity index (χ1n) is 8.30. The molecule has 0 aliphatic carbocycles. The van der Waals surface area contributed by atoms with Gasteiger partial charge in [0.25, 0.3) is 0 Å². The summed E-state index contributed by atoms with van der Waals surface area (Å²) in [7, 11) is 0. The molecule has 6 heteroatoms. The monoisotopic (exact) mass is 402 g/mol. The topological polar surface area (TPSA) is 41.6 Å². The summed E-state index contributed by atoms with van der Waals surface area (Å²) in [6.07, 6.45) is 0.583. The average molecular weight is 403 g/mol. The van der Waals surface area contributed by atoms with Gasteiger partial charge >= 0.3 is 6.09 Å². The van der Waals surface area contributed by atoms with E-state index in [4.69, 9.17) is 4.74 Å². The molecule has 1 atom stereocenters. The maximum Gasteiger partial charge on any atom is 0.410 e. The second-order valence-electron chi connectivity index (χ2n) is 6.81. The van der Waals surface area contributed by atoms with Crippen molar-refractivity contribution in [1.29, 1.82) is 0 Å². The van der Waals surface area contributed by atoms with Gasteiger partial charge in [0.2, 0.25) is 0 Å². The molecule has 1 amide bonds. The van der Waals surface area contributed by atoms with Gasteiger partial charge in [-0.25, -0.2) is 9.18 Å². The van der Waals surface area contributed by atoms with Crippen molar-refractivity contribution in [3.8, 4) is 0 Å². The van der Waals surface area contributed by atoms with E-state index >= 15 is 0 Å². The Balaban J connectivity index is 2.56. The van der Waals surface area contributed by atoms with Crippen molar-refractivity contribution in [3.63, 3.8) is 0 Å². The summed E-state index contributed by atoms with van der Waals surface area (Å²) in [5.41, 5.74) is 0.485. The lowest BCUT2D eigenvalue weighted by molar-refractivity contribution is 0.0251. The van der Waals surface area contributed by atoms with Crippen molar-refractivity contribution in [1.82, 2.24) is 10.2 Å². The van der Waals surface area contributed by atoms with Gasteiger partial charge in [0, 0.05) is 30.1 Å². The van der Waals surface area contributed by atoms with Gasteiger partial charge in [-0.2, -0.15) is 0 Å². The van der Waals surface area contributed by atoms with Gasteiger partial charge in [-0.3, -0.25) is 0 Å². The molecule has 0 bridgehead atoms. The lowest BCUT2D eigenvalue weighted by atomic mass is 10.1. The molecule has 1 aromatic carbocycles. The molecule has 0 fully saturated rings. The van der Waals surface area contributed by atoms with Crippen LogP contribution in [0.1, 0.15) is 52.6 Å². The molecular weight excluding hydrogens is 375 g/mol. The van der Waals surface area contributed by atoms with Gasteiger partial charge in [-0.1, -0.05) is 28.9 Å². The number of nitrogens with zero attached hydrogens (tertiary/aromatic N) is 1. The number of halogens is 2. The molecule has 0 saturated carbocycles. The van der Waals surface area contributed by atoms with Crippen molar-refractivity contribution >= 4 is 22.0 Å². The first-order valence-corrected chi connectivity index (χ1v) is 9.09. The fourth-order valence-corrected chi connectivity index (χ4v) is 2.96. The summed E-state index contributed by atoms with van der Waals surface area (Å²) < 4.78 is 19.3. The molecule has 24 heavy (non-hydrogen) atoms. The van der Waals surface area contributed by atoms with Crippen molar-refractivity contribution in [2.45, 2.75) is 52.7 Å². The molecule has 0 aliphatic heterocycles. The summed E-state index contributed by atoms with van der Waals surface area (Å²) in [5, 5.41) is 3.36. The fraction of sp³-hybridized carbons (Fsp3) is 0.611. The Morgan fingerprint density at radius 2 is 2.04 bits per heavy atom. The Morgan fingerprint density at radius 1 is 1.38 bits per heavy atom. The summed E-state index contributed by atoms with van der Waals surface area (Å²) in [5.74, 6) is -0.267. The number of ether oxygens (including phenoxy) is 1. The van der Waals surface area contributed by atoms with Crippen LogP contribution in [0, 0.1) is 5.82 Å². The van der Waals surface area contributed by atoms with E-state index in [2.05, 4.69) is 21.2 Å². The highest BCUT2D eigenvalue weighted by Crippen LogP contribution is 2.24. The van der Waals surface area contributed by atoms with Crippen molar-refractivity contribution in [3.05, 3.63) is 34.1 Å². The van der Waals surface area contributed by atoms with Gasteiger partial charge in [0.05, 0.1) is 0 Å². The molecule has 0 spiro atoms. The smallest absolute Gasteiger partial charge is 0.410 e. The molecule has 0 radical (unpaired) electrons. The van der Waals surface area contributed by atoms with Crippen LogP contribution in [0.3, 0.4) is 0 Å². The summed E-state index contributed by atoms with van der Waals surface area (Å²) in [6, 6.07) is 4.71. The Kier molecular flexibility index (Phi) is 8.16. The molecule has 1 N–H and O–H groups in total. The number of amides is 1. The Hall–Kier alpha value is -1.14. The third kappa shape index (κ3) is 7.18. The third-order valence-electron chi connectivity index (χ3n) is 3.41. The maximum atomic E-state index is 13.2. The summed E-state index contributed by atoms with van der Waals surface area (Å²) in [4.78, 5) is 13.9. The predicted molar refractivity (Wildman–Crippen MR) is 98.6 cm³/mol. The quantitative estimate of drug-likeness (QED) is 0.705. The van der Waals surface area contributed by atoms with E-state index in [0.717, 1.165) is 16.5 Å². The Morgan fingerprint density at radius 3 is 2.58 bits per heavy atom. The molecule has 0 saturated heterocycles. The van der Waals surface area contributed by atoms with Crippen molar-refractivity contribution < 1.29 is 13.9 Å². The SMILES string of the molecule is CCCN(CCNC(C)c1ccc(F)cc1Br)C(=O)OC(C)(C)C. The number of nitrogens with one attached hydrogen (secondary N) is 1. The molecule has 1 aromatic rings. The second kappa shape index (κ2) is 9.37. The predicted octanol–water partition coefficient (Wildman–Crippen LogP) is 4.89. The molecule has 136 valence electrons. The van der Waals surface area contributed by atoms with Crippen LogP contribution in [-0.4, -0.2) is 36.2 Å². The summed E-state index contributed by atoms with van der Waals surface area (Å²) in [6.45, 7) is 11.5. The maximum absolute atomic E-state index is 13.2. The van der Waals surface area contributed by atoms with Crippen molar-refractivity contribution in [2.24, 2.45) is 0 Å². The fourth-order valence-electron chi connectivity index (χ4n) is 2.27. The van der Waals surface area contributed by atoms with E-state index < -0.39 is 5.60 Å². The van der Waals surface area contributed by atoms with Gasteiger partial charge in [-0.15, -0.1) is 0 Å². The van der Waals surface area contributed by atoms with Crippen LogP contribution in [0.5, 0.6) is 0 Å². The molecule has 4 nitrogen and oxygen atoms in total.